The van der Waals surface area contributed by atoms with Crippen LogP contribution in [0.5, 0.6) is 5.75 Å². The summed E-state index contributed by atoms with van der Waals surface area (Å²) in [4.78, 5) is 11.0. The van der Waals surface area contributed by atoms with Gasteiger partial charge in [0.25, 0.3) is 10.0 Å². The Morgan fingerprint density at radius 1 is 1.32 bits per heavy atom. The number of methoxy groups -OCH3 is 1. The molecule has 6 nitrogen and oxygen atoms in total. The lowest BCUT2D eigenvalue weighted by Crippen LogP contribution is -2.29. The van der Waals surface area contributed by atoms with Gasteiger partial charge in [-0.2, -0.15) is 4.31 Å². The molecule has 1 N–H and O–H groups in total. The molecule has 2 heterocycles. The first-order valence-corrected chi connectivity index (χ1v) is 9.70. The van der Waals surface area contributed by atoms with Gasteiger partial charge in [0.05, 0.1) is 7.11 Å². The summed E-state index contributed by atoms with van der Waals surface area (Å²) >= 11 is 0.608. The van der Waals surface area contributed by atoms with Crippen LogP contribution < -0.4 is 4.74 Å². The van der Waals surface area contributed by atoms with Crippen molar-refractivity contribution < 1.29 is 27.4 Å². The Bertz CT molecular complexity index is 881. The average molecular weight is 385 g/mol. The number of rotatable bonds is 5. The highest BCUT2D eigenvalue weighted by Crippen LogP contribution is 2.39. The lowest BCUT2D eigenvalue weighted by molar-refractivity contribution is 0.0702. The fraction of sp³-hybridized carbons (Fsp3) is 0.312. The maximum Gasteiger partial charge on any atom is 0.346 e. The van der Waals surface area contributed by atoms with Crippen LogP contribution >= 0.6 is 11.3 Å². The minimum atomic E-state index is -4.04. The minimum Gasteiger partial charge on any atom is -0.494 e. The molecule has 0 unspecified atom stereocenters. The molecule has 2 atom stereocenters. The number of hydrogen-bond acceptors (Lipinski definition) is 5. The SMILES string of the molecule is COc1cc(C(=O)O)sc1S(=O)(=O)N1C[C@@H](F)[C@@H](c2ccccc2)C1. The molecule has 0 spiro atoms. The highest BCUT2D eigenvalue weighted by molar-refractivity contribution is 7.91. The highest BCUT2D eigenvalue weighted by Gasteiger charge is 2.42. The van der Waals surface area contributed by atoms with Gasteiger partial charge in [-0.05, 0) is 5.56 Å². The lowest BCUT2D eigenvalue weighted by Gasteiger charge is -2.16. The van der Waals surface area contributed by atoms with Crippen LogP contribution in [0, 0.1) is 0 Å². The fourth-order valence-electron chi connectivity index (χ4n) is 2.84. The van der Waals surface area contributed by atoms with Crippen molar-refractivity contribution in [2.24, 2.45) is 0 Å². The van der Waals surface area contributed by atoms with E-state index in [0.29, 0.717) is 11.3 Å². The number of carboxylic acids is 1. The van der Waals surface area contributed by atoms with Crippen LogP contribution in [0.15, 0.2) is 40.6 Å². The number of ether oxygens (including phenoxy) is 1. The normalized spacial score (nSPS) is 21.4. The molecule has 25 heavy (non-hydrogen) atoms. The van der Waals surface area contributed by atoms with Crippen LogP contribution in [0.1, 0.15) is 21.2 Å². The predicted octanol–water partition coefficient (Wildman–Crippen LogP) is 2.58. The first-order chi connectivity index (χ1) is 11.8. The number of thiophene rings is 1. The maximum atomic E-state index is 14.5. The topological polar surface area (TPSA) is 83.9 Å². The van der Waals surface area contributed by atoms with E-state index >= 15 is 0 Å². The molecule has 1 saturated heterocycles. The quantitative estimate of drug-likeness (QED) is 0.855. The van der Waals surface area contributed by atoms with Crippen LogP contribution in [0.3, 0.4) is 0 Å². The molecule has 0 saturated carbocycles. The number of alkyl halides is 1. The standard InChI is InChI=1S/C16H16FNO5S2/c1-23-13-7-14(15(19)20)24-16(13)25(21,22)18-8-11(12(17)9-18)10-5-3-2-4-6-10/h2-7,11-12H,8-9H2,1H3,(H,19,20)/t11-,12-/m1/s1. The van der Waals surface area contributed by atoms with Crippen LogP contribution in [0.25, 0.3) is 0 Å². The Morgan fingerprint density at radius 3 is 2.60 bits per heavy atom. The van der Waals surface area contributed by atoms with E-state index in [-0.39, 0.29) is 27.9 Å². The Labute approximate surface area is 148 Å². The molecular formula is C16H16FNO5S2. The monoisotopic (exact) mass is 385 g/mol. The Morgan fingerprint density at radius 2 is 2.00 bits per heavy atom. The van der Waals surface area contributed by atoms with E-state index in [1.165, 1.54) is 7.11 Å². The number of carboxylic acid groups (broad SMARTS) is 1. The second-order valence-corrected chi connectivity index (χ2v) is 8.81. The first kappa shape index (κ1) is 17.8. The van der Waals surface area contributed by atoms with Gasteiger partial charge in [0, 0.05) is 25.1 Å². The molecule has 0 amide bonds. The van der Waals surface area contributed by atoms with Crippen LogP contribution in [-0.2, 0) is 10.0 Å². The number of aromatic carboxylic acids is 1. The second kappa shape index (κ2) is 6.74. The zero-order valence-corrected chi connectivity index (χ0v) is 14.9. The third-order valence-electron chi connectivity index (χ3n) is 4.11. The maximum absolute atomic E-state index is 14.5. The fourth-order valence-corrected chi connectivity index (χ4v) is 5.87. The molecule has 3 rings (SSSR count). The molecule has 2 aromatic rings. The largest absolute Gasteiger partial charge is 0.494 e. The molecular weight excluding hydrogens is 369 g/mol. The van der Waals surface area contributed by atoms with Gasteiger partial charge in [-0.15, -0.1) is 11.3 Å². The Hall–Kier alpha value is -1.97. The van der Waals surface area contributed by atoms with Crippen LogP contribution in [0.2, 0.25) is 0 Å². The summed E-state index contributed by atoms with van der Waals surface area (Å²) < 4.78 is 46.0. The molecule has 1 aromatic heterocycles. The zero-order valence-electron chi connectivity index (χ0n) is 13.3. The summed E-state index contributed by atoms with van der Waals surface area (Å²) in [6.07, 6.45) is -1.33. The second-order valence-electron chi connectivity index (χ2n) is 5.63. The molecule has 0 radical (unpaired) electrons. The number of hydrogen-bond donors (Lipinski definition) is 1. The molecule has 9 heteroatoms. The van der Waals surface area contributed by atoms with Crippen molar-refractivity contribution in [2.75, 3.05) is 20.2 Å². The number of carbonyl (C=O) groups is 1. The van der Waals surface area contributed by atoms with Gasteiger partial charge in [0.2, 0.25) is 0 Å². The molecule has 1 fully saturated rings. The number of halogens is 1. The molecule has 0 bridgehead atoms. The van der Waals surface area contributed by atoms with E-state index < -0.39 is 28.1 Å². The average Bonchev–Trinajstić information content (AvgIpc) is 3.20. The molecule has 1 aliphatic rings. The van der Waals surface area contributed by atoms with E-state index in [4.69, 9.17) is 9.84 Å². The van der Waals surface area contributed by atoms with Gasteiger partial charge in [0.15, 0.2) is 9.96 Å². The minimum absolute atomic E-state index is 0.00300. The van der Waals surface area contributed by atoms with Crippen molar-refractivity contribution in [1.29, 1.82) is 0 Å². The third-order valence-corrected chi connectivity index (χ3v) is 7.54. The van der Waals surface area contributed by atoms with Gasteiger partial charge >= 0.3 is 5.97 Å². The van der Waals surface area contributed by atoms with E-state index in [9.17, 15) is 17.6 Å². The number of benzene rings is 1. The van der Waals surface area contributed by atoms with Gasteiger partial charge in [-0.1, -0.05) is 30.3 Å². The summed E-state index contributed by atoms with van der Waals surface area (Å²) in [7, 11) is -2.78. The third kappa shape index (κ3) is 3.26. The van der Waals surface area contributed by atoms with E-state index in [1.54, 1.807) is 24.3 Å². The molecule has 1 aromatic carbocycles. The van der Waals surface area contributed by atoms with Gasteiger partial charge < -0.3 is 9.84 Å². The molecule has 1 aliphatic heterocycles. The lowest BCUT2D eigenvalue weighted by atomic mass is 9.97. The van der Waals surface area contributed by atoms with E-state index in [2.05, 4.69) is 0 Å². The Balaban J connectivity index is 1.93. The van der Waals surface area contributed by atoms with Gasteiger partial charge in [-0.25, -0.2) is 17.6 Å². The first-order valence-electron chi connectivity index (χ1n) is 7.45. The summed E-state index contributed by atoms with van der Waals surface area (Å²) in [5.41, 5.74) is 0.733. The van der Waals surface area contributed by atoms with Crippen molar-refractivity contribution >= 4 is 27.3 Å². The van der Waals surface area contributed by atoms with Crippen molar-refractivity contribution in [3.63, 3.8) is 0 Å². The predicted molar refractivity (Wildman–Crippen MR) is 90.7 cm³/mol. The van der Waals surface area contributed by atoms with Crippen molar-refractivity contribution in [3.8, 4) is 5.75 Å². The smallest absolute Gasteiger partial charge is 0.346 e. The number of sulfonamides is 1. The van der Waals surface area contributed by atoms with Crippen LogP contribution in [-0.4, -0.2) is 50.2 Å². The zero-order chi connectivity index (χ0) is 18.2. The summed E-state index contributed by atoms with van der Waals surface area (Å²) in [5.74, 6) is -1.83. The van der Waals surface area contributed by atoms with E-state index in [0.717, 1.165) is 15.9 Å². The van der Waals surface area contributed by atoms with E-state index in [1.807, 2.05) is 6.07 Å². The van der Waals surface area contributed by atoms with Gasteiger partial charge in [-0.3, -0.25) is 0 Å². The highest BCUT2D eigenvalue weighted by atomic mass is 32.2. The van der Waals surface area contributed by atoms with Crippen molar-refractivity contribution in [3.05, 3.63) is 46.8 Å². The summed E-state index contributed by atoms with van der Waals surface area (Å²) in [6.45, 7) is -0.275. The number of nitrogens with zero attached hydrogens (tertiary/aromatic N) is 1. The van der Waals surface area contributed by atoms with Crippen molar-refractivity contribution in [1.82, 2.24) is 4.31 Å². The molecule has 0 aliphatic carbocycles. The van der Waals surface area contributed by atoms with Crippen molar-refractivity contribution in [2.45, 2.75) is 16.3 Å². The Kier molecular flexibility index (Phi) is 4.81. The van der Waals surface area contributed by atoms with Gasteiger partial charge in [0.1, 0.15) is 11.0 Å². The van der Waals surface area contributed by atoms with Crippen LogP contribution in [0.4, 0.5) is 4.39 Å². The summed E-state index contributed by atoms with van der Waals surface area (Å²) in [6, 6.07) is 10.1. The molecule has 134 valence electrons. The summed E-state index contributed by atoms with van der Waals surface area (Å²) in [5, 5.41) is 9.07.